The third-order valence-electron chi connectivity index (χ3n) is 10.6. The Morgan fingerprint density at radius 3 is 1.39 bits per heavy atom. The van der Waals surface area contributed by atoms with Gasteiger partial charge in [-0.15, -0.1) is 5.11 Å². The molecule has 0 saturated carbocycles. The van der Waals surface area contributed by atoms with Crippen LogP contribution in [0.2, 0.25) is 0 Å². The van der Waals surface area contributed by atoms with Crippen LogP contribution in [0.3, 0.4) is 0 Å². The average molecular weight is 819 g/mol. The molecule has 2 N–H and O–H groups in total. The van der Waals surface area contributed by atoms with Crippen molar-refractivity contribution >= 4 is 56.5 Å². The quantitative estimate of drug-likeness (QED) is 0.0773. The van der Waals surface area contributed by atoms with Crippen molar-refractivity contribution in [1.29, 1.82) is 0 Å². The lowest BCUT2D eigenvalue weighted by molar-refractivity contribution is -0.541. The number of fused-ring (bicyclic) bond motifs is 1. The first-order valence-corrected chi connectivity index (χ1v) is 21.5. The van der Waals surface area contributed by atoms with Gasteiger partial charge >= 0.3 is 0 Å². The largest absolute Gasteiger partial charge is 0.696 e. The van der Waals surface area contributed by atoms with Gasteiger partial charge in [0.05, 0.1) is 13.2 Å². The fourth-order valence-electron chi connectivity index (χ4n) is 7.53. The van der Waals surface area contributed by atoms with Crippen molar-refractivity contribution in [3.8, 4) is 22.3 Å². The van der Waals surface area contributed by atoms with Gasteiger partial charge in [0.25, 0.3) is 0 Å². The topological polar surface area (TPSA) is 96.5 Å². The van der Waals surface area contributed by atoms with Crippen LogP contribution >= 0.6 is 0 Å². The molecule has 312 valence electrons. The summed E-state index contributed by atoms with van der Waals surface area (Å²) in [7, 11) is 0. The lowest BCUT2D eigenvalue weighted by Crippen LogP contribution is -2.69. The van der Waals surface area contributed by atoms with Gasteiger partial charge in [-0.05, 0) is 101 Å². The molecule has 62 heavy (non-hydrogen) atoms. The van der Waals surface area contributed by atoms with Gasteiger partial charge in [0, 0.05) is 51.7 Å². The number of hydrogen-bond acceptors (Lipinski definition) is 6. The first-order chi connectivity index (χ1) is 30.3. The minimum Gasteiger partial charge on any atom is -0.696 e. The first kappa shape index (κ1) is 41.6. The Kier molecular flexibility index (Phi) is 12.8. The van der Waals surface area contributed by atoms with Crippen LogP contribution in [0.4, 0.5) is 45.5 Å². The molecule has 9 heteroatoms. The Balaban J connectivity index is 1.28. The van der Waals surface area contributed by atoms with Crippen LogP contribution < -0.4 is 14.9 Å². The van der Waals surface area contributed by atoms with E-state index in [-0.39, 0.29) is 11.1 Å². The van der Waals surface area contributed by atoms with Crippen molar-refractivity contribution in [2.24, 2.45) is 10.5 Å². The van der Waals surface area contributed by atoms with Crippen LogP contribution in [0, 0.1) is 5.41 Å². The predicted molar refractivity (Wildman–Crippen MR) is 255 cm³/mol. The van der Waals surface area contributed by atoms with E-state index >= 15 is 0 Å². The molecule has 0 spiro atoms. The van der Waals surface area contributed by atoms with E-state index in [9.17, 15) is 5.73 Å². The monoisotopic (exact) mass is 818 g/mol. The van der Waals surface area contributed by atoms with Gasteiger partial charge in [0.2, 0.25) is 0 Å². The maximum absolute atomic E-state index is 10.0. The van der Waals surface area contributed by atoms with Gasteiger partial charge < -0.3 is 20.3 Å². The van der Waals surface area contributed by atoms with Crippen molar-refractivity contribution in [2.75, 3.05) is 29.6 Å². The maximum atomic E-state index is 10.0. The van der Waals surface area contributed by atoms with E-state index in [1.54, 1.807) is 4.80 Å². The highest BCUT2D eigenvalue weighted by atomic mass is 16.5. The van der Waals surface area contributed by atoms with E-state index < -0.39 is 0 Å². The minimum absolute atomic E-state index is 0.0428. The molecule has 1 aromatic heterocycles. The van der Waals surface area contributed by atoms with Gasteiger partial charge in [0.1, 0.15) is 16.7 Å². The van der Waals surface area contributed by atoms with E-state index in [1.807, 2.05) is 24.3 Å². The Bertz CT molecular complexity index is 2620. The number of anilines is 6. The van der Waals surface area contributed by atoms with Gasteiger partial charge in [-0.25, -0.2) is 0 Å². The summed E-state index contributed by atoms with van der Waals surface area (Å²) in [4.78, 5) is 6.19. The zero-order valence-electron chi connectivity index (χ0n) is 36.0. The van der Waals surface area contributed by atoms with Crippen LogP contribution in [-0.2, 0) is 11.3 Å². The smallest absolute Gasteiger partial charge is 0.170 e. The molecular formula is C53H54N8O. The number of hydrogen-bond donors (Lipinski definition) is 1. The third kappa shape index (κ3) is 9.43. The lowest BCUT2D eigenvalue weighted by Gasteiger charge is -2.26. The molecule has 0 unspecified atom stereocenters. The zero-order chi connectivity index (χ0) is 42.9. The minimum atomic E-state index is -0.0428. The van der Waals surface area contributed by atoms with Crippen molar-refractivity contribution in [2.45, 2.75) is 47.1 Å². The van der Waals surface area contributed by atoms with Crippen molar-refractivity contribution < 1.29 is 9.85 Å². The van der Waals surface area contributed by atoms with Crippen molar-refractivity contribution in [3.63, 3.8) is 0 Å². The normalized spacial score (nSPS) is 11.7. The number of rotatable bonds is 16. The highest BCUT2D eigenvalue weighted by molar-refractivity contribution is 6.13. The number of para-hydroxylation sites is 4. The standard InChI is InChI=1S/C53H53N8O/c1-5-6-36-62-37-35-59-57-51-47(39-27-31-45(32-28-39)60(41-19-11-7-12-20-41)42-21-13-8-14-22-42)49(54)50(56-55-38-53(2,3)4)48(52(51)58-59)40-29-33-46(34-30-40)61(43-23-15-9-16-24-43)44-25-17-10-18-26-44/h7-34,54H,5-6,35-38H2,1-4H3/q-1/p+1. The van der Waals surface area contributed by atoms with E-state index in [0.29, 0.717) is 48.6 Å². The van der Waals surface area contributed by atoms with Gasteiger partial charge in [-0.3, -0.25) is 0 Å². The Morgan fingerprint density at radius 2 is 0.968 bits per heavy atom. The number of nitrogens with one attached hydrogen (secondary N) is 2. The zero-order valence-corrected chi connectivity index (χ0v) is 36.0. The fourth-order valence-corrected chi connectivity index (χ4v) is 7.53. The van der Waals surface area contributed by atoms with E-state index in [0.717, 1.165) is 63.7 Å². The second-order valence-corrected chi connectivity index (χ2v) is 16.5. The molecule has 8 rings (SSSR count). The molecule has 0 aliphatic carbocycles. The number of ether oxygens (including phenoxy) is 1. The summed E-state index contributed by atoms with van der Waals surface area (Å²) in [6.07, 6.45) is 2.07. The molecule has 0 bridgehead atoms. The SMILES string of the molecule is CCCCOCCn1nc2c(-c3ccc(N(c4ccccc4)c4ccccc4)cc3)c([NH-])c(N=[NH+]CC(C)(C)C)c(-c3ccc(N(c4ccccc4)c4ccccc4)cc3)c2n1. The summed E-state index contributed by atoms with van der Waals surface area (Å²) < 4.78 is 5.98. The van der Waals surface area contributed by atoms with Gasteiger partial charge in [-0.1, -0.05) is 137 Å². The molecule has 0 aliphatic rings. The highest BCUT2D eigenvalue weighted by Gasteiger charge is 2.24. The summed E-state index contributed by atoms with van der Waals surface area (Å²) in [5.41, 5.74) is 21.4. The molecule has 1 heterocycles. The number of azo groups is 1. The molecule has 0 saturated heterocycles. The Labute approximate surface area is 365 Å². The Morgan fingerprint density at radius 1 is 0.565 bits per heavy atom. The summed E-state index contributed by atoms with van der Waals surface area (Å²) in [5, 5.41) is 18.7. The average Bonchev–Trinajstić information content (AvgIpc) is 3.71. The number of benzene rings is 7. The van der Waals surface area contributed by atoms with Gasteiger partial charge in [-0.2, -0.15) is 15.0 Å². The number of nitrogens with zero attached hydrogens (tertiary/aromatic N) is 6. The van der Waals surface area contributed by atoms with Crippen molar-refractivity contribution in [1.82, 2.24) is 15.0 Å². The third-order valence-corrected chi connectivity index (χ3v) is 10.6. The second kappa shape index (κ2) is 19.1. The molecule has 8 aromatic rings. The summed E-state index contributed by atoms with van der Waals surface area (Å²) in [6, 6.07) is 58.3. The van der Waals surface area contributed by atoms with Crippen LogP contribution in [0.1, 0.15) is 40.5 Å². The Hall–Kier alpha value is -7.10. The number of aromatic nitrogens is 3. The van der Waals surface area contributed by atoms with E-state index in [4.69, 9.17) is 20.0 Å². The fraction of sp³-hybridized carbons (Fsp3) is 0.208. The van der Waals surface area contributed by atoms with E-state index in [1.165, 1.54) is 0 Å². The highest BCUT2D eigenvalue weighted by Crippen LogP contribution is 2.50. The van der Waals surface area contributed by atoms with E-state index in [2.05, 4.69) is 188 Å². The molecule has 0 radical (unpaired) electrons. The van der Waals surface area contributed by atoms with Crippen LogP contribution in [0.15, 0.2) is 175 Å². The molecule has 0 fully saturated rings. The molecular weight excluding hydrogens is 765 g/mol. The molecule has 9 nitrogen and oxygen atoms in total. The van der Waals surface area contributed by atoms with Crippen LogP contribution in [0.25, 0.3) is 39.0 Å². The molecule has 0 aliphatic heterocycles. The molecule has 0 atom stereocenters. The lowest BCUT2D eigenvalue weighted by atomic mass is 9.93. The van der Waals surface area contributed by atoms with Crippen molar-refractivity contribution in [3.05, 3.63) is 176 Å². The summed E-state index contributed by atoms with van der Waals surface area (Å²) in [5.74, 6) is 0. The predicted octanol–water partition coefficient (Wildman–Crippen LogP) is 13.4. The summed E-state index contributed by atoms with van der Waals surface area (Å²) in [6.45, 7) is 10.9. The number of unbranched alkanes of at least 4 members (excludes halogenated alkanes) is 1. The van der Waals surface area contributed by atoms with Crippen LogP contribution in [-0.4, -0.2) is 34.8 Å². The first-order valence-electron chi connectivity index (χ1n) is 21.5. The van der Waals surface area contributed by atoms with Gasteiger partial charge in [0.15, 0.2) is 6.54 Å². The molecule has 0 amide bonds. The second-order valence-electron chi connectivity index (χ2n) is 16.5. The molecule has 7 aromatic carbocycles. The maximum Gasteiger partial charge on any atom is 0.170 e. The van der Waals surface area contributed by atoms with Crippen LogP contribution in [0.5, 0.6) is 0 Å². The summed E-state index contributed by atoms with van der Waals surface area (Å²) >= 11 is 0.